The maximum absolute atomic E-state index is 12.0. The summed E-state index contributed by atoms with van der Waals surface area (Å²) < 4.78 is 0. The van der Waals surface area contributed by atoms with Gasteiger partial charge >= 0.3 is 5.97 Å². The summed E-state index contributed by atoms with van der Waals surface area (Å²) in [5.41, 5.74) is -0.0544. The molecule has 0 bridgehead atoms. The van der Waals surface area contributed by atoms with Gasteiger partial charge in [0.25, 0.3) is 0 Å². The Bertz CT molecular complexity index is 322. The van der Waals surface area contributed by atoms with Gasteiger partial charge in [-0.2, -0.15) is 0 Å². The standard InChI is InChI=1S/C17H30O2/c1-4-13-6-5-7-14(12-13)17(15(18)19)10-8-16(2,3)9-11-17/h13-14H,4-12H2,1-3H3,(H,18,19). The van der Waals surface area contributed by atoms with E-state index in [1.165, 1.54) is 19.3 Å². The number of carbonyl (C=O) groups is 1. The molecule has 2 unspecified atom stereocenters. The molecule has 1 N–H and O–H groups in total. The SMILES string of the molecule is CCC1CCCC(C2(C(=O)O)CCC(C)(C)CC2)C1. The first-order valence-electron chi connectivity index (χ1n) is 8.13. The summed E-state index contributed by atoms with van der Waals surface area (Å²) in [4.78, 5) is 12.0. The monoisotopic (exact) mass is 266 g/mol. The lowest BCUT2D eigenvalue weighted by atomic mass is 9.56. The third-order valence-electron chi connectivity index (χ3n) is 6.06. The van der Waals surface area contributed by atoms with Gasteiger partial charge in [0.1, 0.15) is 0 Å². The maximum Gasteiger partial charge on any atom is 0.309 e. The lowest BCUT2D eigenvalue weighted by Crippen LogP contribution is -2.45. The van der Waals surface area contributed by atoms with Crippen molar-refractivity contribution >= 4 is 5.97 Å². The molecule has 19 heavy (non-hydrogen) atoms. The highest BCUT2D eigenvalue weighted by Crippen LogP contribution is 2.53. The van der Waals surface area contributed by atoms with Crippen molar-refractivity contribution in [3.63, 3.8) is 0 Å². The van der Waals surface area contributed by atoms with Crippen LogP contribution in [0.2, 0.25) is 0 Å². The van der Waals surface area contributed by atoms with Gasteiger partial charge in [-0.05, 0) is 55.8 Å². The molecule has 0 aromatic carbocycles. The zero-order chi connectivity index (χ0) is 14.1. The summed E-state index contributed by atoms with van der Waals surface area (Å²) in [6.07, 6.45) is 10.0. The Labute approximate surface area is 118 Å². The Morgan fingerprint density at radius 3 is 2.32 bits per heavy atom. The molecule has 2 heteroatoms. The molecule has 0 saturated heterocycles. The third-order valence-corrected chi connectivity index (χ3v) is 6.06. The van der Waals surface area contributed by atoms with E-state index < -0.39 is 11.4 Å². The van der Waals surface area contributed by atoms with Crippen LogP contribution in [0.15, 0.2) is 0 Å². The topological polar surface area (TPSA) is 37.3 Å². The van der Waals surface area contributed by atoms with Gasteiger partial charge < -0.3 is 5.11 Å². The summed E-state index contributed by atoms with van der Waals surface area (Å²) >= 11 is 0. The van der Waals surface area contributed by atoms with Gasteiger partial charge in [0.15, 0.2) is 0 Å². The number of hydrogen-bond acceptors (Lipinski definition) is 1. The summed E-state index contributed by atoms with van der Waals surface area (Å²) in [6, 6.07) is 0. The highest BCUT2D eigenvalue weighted by Gasteiger charge is 2.50. The van der Waals surface area contributed by atoms with Gasteiger partial charge in [0.2, 0.25) is 0 Å². The first kappa shape index (κ1) is 14.9. The molecule has 110 valence electrons. The molecule has 0 aliphatic heterocycles. The van der Waals surface area contributed by atoms with E-state index in [4.69, 9.17) is 0 Å². The fourth-order valence-corrected chi connectivity index (χ4v) is 4.33. The van der Waals surface area contributed by atoms with E-state index in [2.05, 4.69) is 20.8 Å². The molecule has 0 aromatic rings. The highest BCUT2D eigenvalue weighted by molar-refractivity contribution is 5.75. The van der Waals surface area contributed by atoms with Crippen LogP contribution in [0.4, 0.5) is 0 Å². The second-order valence-electron chi connectivity index (χ2n) is 7.76. The molecule has 0 radical (unpaired) electrons. The molecule has 2 aliphatic carbocycles. The van der Waals surface area contributed by atoms with Crippen LogP contribution in [-0.4, -0.2) is 11.1 Å². The van der Waals surface area contributed by atoms with Crippen molar-refractivity contribution in [2.45, 2.75) is 78.6 Å². The van der Waals surface area contributed by atoms with E-state index in [0.717, 1.165) is 44.4 Å². The summed E-state index contributed by atoms with van der Waals surface area (Å²) in [5.74, 6) is 0.689. The molecule has 2 atom stereocenters. The zero-order valence-corrected chi connectivity index (χ0v) is 12.9. The Morgan fingerprint density at radius 2 is 1.79 bits per heavy atom. The minimum absolute atomic E-state index is 0.345. The van der Waals surface area contributed by atoms with E-state index >= 15 is 0 Å². The van der Waals surface area contributed by atoms with Crippen molar-refractivity contribution < 1.29 is 9.90 Å². The minimum atomic E-state index is -0.509. The minimum Gasteiger partial charge on any atom is -0.481 e. The molecule has 2 aliphatic rings. The summed E-state index contributed by atoms with van der Waals surface area (Å²) in [7, 11) is 0. The summed E-state index contributed by atoms with van der Waals surface area (Å²) in [6.45, 7) is 6.83. The predicted molar refractivity (Wildman–Crippen MR) is 78.1 cm³/mol. The smallest absolute Gasteiger partial charge is 0.309 e. The van der Waals surface area contributed by atoms with E-state index in [0.29, 0.717) is 11.3 Å². The molecule has 0 heterocycles. The molecule has 0 aromatic heterocycles. The van der Waals surface area contributed by atoms with Crippen molar-refractivity contribution in [2.24, 2.45) is 22.7 Å². The molecule has 0 spiro atoms. The first-order valence-corrected chi connectivity index (χ1v) is 8.13. The number of hydrogen-bond donors (Lipinski definition) is 1. The number of carboxylic acids is 1. The van der Waals surface area contributed by atoms with Crippen molar-refractivity contribution in [2.75, 3.05) is 0 Å². The predicted octanol–water partition coefficient (Wildman–Crippen LogP) is 4.87. The lowest BCUT2D eigenvalue weighted by molar-refractivity contribution is -0.159. The normalized spacial score (nSPS) is 33.8. The van der Waals surface area contributed by atoms with Crippen LogP contribution in [0.5, 0.6) is 0 Å². The van der Waals surface area contributed by atoms with E-state index in [-0.39, 0.29) is 0 Å². The van der Waals surface area contributed by atoms with Crippen LogP contribution in [0.1, 0.15) is 78.6 Å². The van der Waals surface area contributed by atoms with E-state index in [1.807, 2.05) is 0 Å². The van der Waals surface area contributed by atoms with Crippen LogP contribution >= 0.6 is 0 Å². The zero-order valence-electron chi connectivity index (χ0n) is 12.9. The quantitative estimate of drug-likeness (QED) is 0.791. The van der Waals surface area contributed by atoms with Gasteiger partial charge in [-0.1, -0.05) is 40.0 Å². The van der Waals surface area contributed by atoms with Gasteiger partial charge in [0.05, 0.1) is 5.41 Å². The molecule has 2 saturated carbocycles. The number of carboxylic acid groups (broad SMARTS) is 1. The second-order valence-corrected chi connectivity index (χ2v) is 7.76. The van der Waals surface area contributed by atoms with Crippen LogP contribution in [0.3, 0.4) is 0 Å². The van der Waals surface area contributed by atoms with E-state index in [1.54, 1.807) is 0 Å². The van der Waals surface area contributed by atoms with Crippen molar-refractivity contribution in [3.8, 4) is 0 Å². The Hall–Kier alpha value is -0.530. The van der Waals surface area contributed by atoms with Crippen LogP contribution in [0.25, 0.3) is 0 Å². The Kier molecular flexibility index (Phi) is 4.27. The van der Waals surface area contributed by atoms with Crippen LogP contribution in [0, 0.1) is 22.7 Å². The third kappa shape index (κ3) is 2.98. The Balaban J connectivity index is 2.14. The lowest BCUT2D eigenvalue weighted by Gasteiger charge is -2.47. The largest absolute Gasteiger partial charge is 0.481 e. The molecule has 2 nitrogen and oxygen atoms in total. The summed E-state index contributed by atoms with van der Waals surface area (Å²) in [5, 5.41) is 9.87. The fraction of sp³-hybridized carbons (Fsp3) is 0.941. The van der Waals surface area contributed by atoms with Gasteiger partial charge in [-0.3, -0.25) is 4.79 Å². The molecular formula is C17H30O2. The number of rotatable bonds is 3. The average Bonchev–Trinajstić information content (AvgIpc) is 2.39. The van der Waals surface area contributed by atoms with Crippen LogP contribution in [-0.2, 0) is 4.79 Å². The highest BCUT2D eigenvalue weighted by atomic mass is 16.4. The van der Waals surface area contributed by atoms with Crippen molar-refractivity contribution in [1.82, 2.24) is 0 Å². The Morgan fingerprint density at radius 1 is 1.16 bits per heavy atom. The molecule has 2 fully saturated rings. The molecule has 0 amide bonds. The van der Waals surface area contributed by atoms with Crippen molar-refractivity contribution in [1.29, 1.82) is 0 Å². The average molecular weight is 266 g/mol. The first-order chi connectivity index (χ1) is 8.89. The van der Waals surface area contributed by atoms with Crippen LogP contribution < -0.4 is 0 Å². The second kappa shape index (κ2) is 5.46. The van der Waals surface area contributed by atoms with Gasteiger partial charge in [-0.15, -0.1) is 0 Å². The molecule has 2 rings (SSSR count). The fourth-order valence-electron chi connectivity index (χ4n) is 4.33. The maximum atomic E-state index is 12.0. The van der Waals surface area contributed by atoms with Gasteiger partial charge in [-0.25, -0.2) is 0 Å². The molecular weight excluding hydrogens is 236 g/mol. The van der Waals surface area contributed by atoms with E-state index in [9.17, 15) is 9.90 Å². The van der Waals surface area contributed by atoms with Crippen molar-refractivity contribution in [3.05, 3.63) is 0 Å². The number of aliphatic carboxylic acids is 1. The van der Waals surface area contributed by atoms with Gasteiger partial charge in [0, 0.05) is 0 Å².